The minimum absolute atomic E-state index is 0.00984. The monoisotopic (exact) mass is 379 g/mol. The Hall–Kier alpha value is -1.89. The van der Waals surface area contributed by atoms with E-state index in [1.807, 2.05) is 18.7 Å². The Morgan fingerprint density at radius 2 is 2.13 bits per heavy atom. The van der Waals surface area contributed by atoms with Gasteiger partial charge in [-0.15, -0.1) is 0 Å². The lowest BCUT2D eigenvalue weighted by Crippen LogP contribution is -2.44. The molecule has 6 nitrogen and oxygen atoms in total. The van der Waals surface area contributed by atoms with Crippen LogP contribution in [0.25, 0.3) is 0 Å². The van der Waals surface area contributed by atoms with Crippen LogP contribution in [0.15, 0.2) is 27.3 Å². The number of hydrogen-bond acceptors (Lipinski definition) is 5. The topological polar surface area (TPSA) is 68.5 Å². The number of carbonyl (C=O) groups excluding carboxylic acids is 1. The Labute approximate surface area is 143 Å². The van der Waals surface area contributed by atoms with E-state index in [4.69, 9.17) is 9.15 Å². The average molecular weight is 380 g/mol. The van der Waals surface area contributed by atoms with Crippen LogP contribution in [-0.2, 0) is 0 Å². The van der Waals surface area contributed by atoms with E-state index in [1.165, 1.54) is 0 Å². The number of aryl methyl sites for hydroxylation is 2. The molecule has 1 atom stereocenters. The summed E-state index contributed by atoms with van der Waals surface area (Å²) < 4.78 is 12.1. The standard InChI is InChI=1S/C16H18BrN3O3/c1-10-6-14(11(2)22-10)15(21)20-5-3-4-13(9-20)23-16-18-7-12(17)8-19-16/h6-8,13H,3-5,9H2,1-2H3. The number of halogens is 1. The molecule has 0 bridgehead atoms. The zero-order chi connectivity index (χ0) is 16.4. The molecule has 0 aromatic carbocycles. The smallest absolute Gasteiger partial charge is 0.316 e. The molecule has 0 saturated carbocycles. The van der Waals surface area contributed by atoms with E-state index < -0.39 is 0 Å². The van der Waals surface area contributed by atoms with Crippen LogP contribution in [0.4, 0.5) is 0 Å². The van der Waals surface area contributed by atoms with Crippen LogP contribution in [0.3, 0.4) is 0 Å². The zero-order valence-electron chi connectivity index (χ0n) is 13.1. The van der Waals surface area contributed by atoms with Gasteiger partial charge in [0.05, 0.1) is 16.6 Å². The number of piperidine rings is 1. The first-order chi connectivity index (χ1) is 11.0. The van der Waals surface area contributed by atoms with Crippen LogP contribution in [-0.4, -0.2) is 40.0 Å². The Kier molecular flexibility index (Phi) is 4.66. The second-order valence-corrected chi connectivity index (χ2v) is 6.56. The number of ether oxygens (including phenoxy) is 1. The van der Waals surface area contributed by atoms with Gasteiger partial charge in [0.15, 0.2) is 0 Å². The summed E-state index contributed by atoms with van der Waals surface area (Å²) in [5, 5.41) is 0. The number of amides is 1. The van der Waals surface area contributed by atoms with Gasteiger partial charge in [-0.05, 0) is 48.7 Å². The maximum absolute atomic E-state index is 12.6. The van der Waals surface area contributed by atoms with E-state index in [2.05, 4.69) is 25.9 Å². The van der Waals surface area contributed by atoms with Gasteiger partial charge in [0.25, 0.3) is 5.91 Å². The number of carbonyl (C=O) groups is 1. The molecule has 0 N–H and O–H groups in total. The number of nitrogens with zero attached hydrogens (tertiary/aromatic N) is 3. The maximum atomic E-state index is 12.6. The summed E-state index contributed by atoms with van der Waals surface area (Å²) >= 11 is 3.29. The molecule has 3 heterocycles. The number of rotatable bonds is 3. The quantitative estimate of drug-likeness (QED) is 0.819. The Morgan fingerprint density at radius 1 is 1.39 bits per heavy atom. The summed E-state index contributed by atoms with van der Waals surface area (Å²) in [5.74, 6) is 1.40. The van der Waals surface area contributed by atoms with Crippen LogP contribution < -0.4 is 4.74 Å². The van der Waals surface area contributed by atoms with E-state index in [1.54, 1.807) is 18.5 Å². The molecule has 0 aliphatic carbocycles. The van der Waals surface area contributed by atoms with E-state index in [-0.39, 0.29) is 12.0 Å². The maximum Gasteiger partial charge on any atom is 0.316 e. The second-order valence-electron chi connectivity index (χ2n) is 5.64. The van der Waals surface area contributed by atoms with E-state index in [0.717, 1.165) is 29.6 Å². The van der Waals surface area contributed by atoms with E-state index >= 15 is 0 Å². The summed E-state index contributed by atoms with van der Waals surface area (Å²) in [7, 11) is 0. The first-order valence-corrected chi connectivity index (χ1v) is 8.33. The van der Waals surface area contributed by atoms with Crippen LogP contribution in [0, 0.1) is 13.8 Å². The molecule has 1 aliphatic rings. The Balaban J connectivity index is 1.67. The lowest BCUT2D eigenvalue weighted by Gasteiger charge is -2.32. The van der Waals surface area contributed by atoms with Crippen molar-refractivity contribution in [2.24, 2.45) is 0 Å². The normalized spacial score (nSPS) is 18.0. The van der Waals surface area contributed by atoms with Gasteiger partial charge in [0.2, 0.25) is 0 Å². The van der Waals surface area contributed by atoms with Crippen LogP contribution in [0.1, 0.15) is 34.7 Å². The lowest BCUT2D eigenvalue weighted by molar-refractivity contribution is 0.0514. The second kappa shape index (κ2) is 6.70. The molecular weight excluding hydrogens is 362 g/mol. The van der Waals surface area contributed by atoms with E-state index in [9.17, 15) is 4.79 Å². The van der Waals surface area contributed by atoms with Crippen molar-refractivity contribution < 1.29 is 13.9 Å². The number of furan rings is 1. The summed E-state index contributed by atoms with van der Waals surface area (Å²) in [6.45, 7) is 4.91. The molecule has 2 aromatic rings. The fourth-order valence-corrected chi connectivity index (χ4v) is 2.95. The molecule has 1 unspecified atom stereocenters. The third-order valence-corrected chi connectivity index (χ3v) is 4.21. The van der Waals surface area contributed by atoms with Crippen molar-refractivity contribution in [3.8, 4) is 6.01 Å². The largest absolute Gasteiger partial charge is 0.466 e. The fraction of sp³-hybridized carbons (Fsp3) is 0.438. The molecule has 3 rings (SSSR count). The molecule has 0 spiro atoms. The van der Waals surface area contributed by atoms with Gasteiger partial charge >= 0.3 is 6.01 Å². The first kappa shape index (κ1) is 16.0. The number of hydrogen-bond donors (Lipinski definition) is 0. The van der Waals surface area contributed by atoms with Gasteiger partial charge in [-0.2, -0.15) is 0 Å². The Morgan fingerprint density at radius 3 is 2.78 bits per heavy atom. The zero-order valence-corrected chi connectivity index (χ0v) is 14.7. The van der Waals surface area contributed by atoms with E-state index in [0.29, 0.717) is 23.9 Å². The van der Waals surface area contributed by atoms with Crippen molar-refractivity contribution in [2.45, 2.75) is 32.8 Å². The lowest BCUT2D eigenvalue weighted by atomic mass is 10.1. The Bertz CT molecular complexity index is 699. The van der Waals surface area contributed by atoms with Crippen molar-refractivity contribution in [1.29, 1.82) is 0 Å². The predicted octanol–water partition coefficient (Wildman–Crippen LogP) is 3.13. The van der Waals surface area contributed by atoms with Gasteiger partial charge in [-0.3, -0.25) is 4.79 Å². The highest BCUT2D eigenvalue weighted by atomic mass is 79.9. The van der Waals surface area contributed by atoms with Gasteiger partial charge in [0, 0.05) is 18.9 Å². The van der Waals surface area contributed by atoms with Crippen molar-refractivity contribution in [2.75, 3.05) is 13.1 Å². The SMILES string of the molecule is Cc1cc(C(=O)N2CCCC(Oc3ncc(Br)cn3)C2)c(C)o1. The molecule has 0 radical (unpaired) electrons. The van der Waals surface area contributed by atoms with Crippen molar-refractivity contribution in [3.63, 3.8) is 0 Å². The van der Waals surface area contributed by atoms with Crippen LogP contribution in [0.5, 0.6) is 6.01 Å². The minimum atomic E-state index is -0.0952. The van der Waals surface area contributed by atoms with Crippen LogP contribution >= 0.6 is 15.9 Å². The molecule has 23 heavy (non-hydrogen) atoms. The van der Waals surface area contributed by atoms with Crippen molar-refractivity contribution in [1.82, 2.24) is 14.9 Å². The van der Waals surface area contributed by atoms with Gasteiger partial charge in [0.1, 0.15) is 17.6 Å². The fourth-order valence-electron chi connectivity index (χ4n) is 2.74. The first-order valence-electron chi connectivity index (χ1n) is 7.53. The molecule has 1 saturated heterocycles. The van der Waals surface area contributed by atoms with Gasteiger partial charge < -0.3 is 14.1 Å². The molecule has 122 valence electrons. The van der Waals surface area contributed by atoms with Crippen molar-refractivity contribution in [3.05, 3.63) is 40.0 Å². The third-order valence-electron chi connectivity index (χ3n) is 3.81. The highest BCUT2D eigenvalue weighted by molar-refractivity contribution is 9.10. The third kappa shape index (κ3) is 3.72. The molecule has 1 fully saturated rings. The summed E-state index contributed by atoms with van der Waals surface area (Å²) in [5.41, 5.74) is 0.628. The number of likely N-dealkylation sites (tertiary alicyclic amines) is 1. The summed E-state index contributed by atoms with van der Waals surface area (Å²) in [4.78, 5) is 22.7. The summed E-state index contributed by atoms with van der Waals surface area (Å²) in [6.07, 6.45) is 4.97. The summed E-state index contributed by atoms with van der Waals surface area (Å²) in [6, 6.07) is 2.13. The molecular formula is C16H18BrN3O3. The predicted molar refractivity (Wildman–Crippen MR) is 87.5 cm³/mol. The van der Waals surface area contributed by atoms with Gasteiger partial charge in [-0.25, -0.2) is 9.97 Å². The molecule has 1 aliphatic heterocycles. The van der Waals surface area contributed by atoms with Gasteiger partial charge in [-0.1, -0.05) is 0 Å². The molecule has 1 amide bonds. The number of aromatic nitrogens is 2. The highest BCUT2D eigenvalue weighted by Crippen LogP contribution is 2.21. The average Bonchev–Trinajstić information content (AvgIpc) is 2.88. The minimum Gasteiger partial charge on any atom is -0.466 e. The highest BCUT2D eigenvalue weighted by Gasteiger charge is 2.28. The molecule has 2 aromatic heterocycles. The molecule has 7 heteroatoms. The van der Waals surface area contributed by atoms with Crippen molar-refractivity contribution >= 4 is 21.8 Å². The van der Waals surface area contributed by atoms with Crippen LogP contribution in [0.2, 0.25) is 0 Å².